The molecule has 0 aromatic carbocycles. The van der Waals surface area contributed by atoms with Gasteiger partial charge in [0.25, 0.3) is 0 Å². The third-order valence-electron chi connectivity index (χ3n) is 3.74. The zero-order valence-corrected chi connectivity index (χ0v) is 14.4. The predicted octanol–water partition coefficient (Wildman–Crippen LogP) is 1.15. The van der Waals surface area contributed by atoms with E-state index in [1.54, 1.807) is 16.7 Å². The summed E-state index contributed by atoms with van der Waals surface area (Å²) in [6, 6.07) is 2.63. The van der Waals surface area contributed by atoms with E-state index in [1.807, 2.05) is 17.5 Å². The number of hydrogen-bond donors (Lipinski definition) is 2. The molecule has 132 valence electrons. The van der Waals surface area contributed by atoms with Crippen LogP contribution in [0.3, 0.4) is 0 Å². The molecule has 3 N–H and O–H groups in total. The summed E-state index contributed by atoms with van der Waals surface area (Å²) in [6.45, 7) is 3.87. The van der Waals surface area contributed by atoms with E-state index in [2.05, 4.69) is 5.32 Å². The average Bonchev–Trinajstić information content (AvgIpc) is 3.08. The summed E-state index contributed by atoms with van der Waals surface area (Å²) in [5.41, 5.74) is 5.21. The molecule has 0 aliphatic carbocycles. The van der Waals surface area contributed by atoms with Gasteiger partial charge in [0.15, 0.2) is 0 Å². The number of hydrogen-bond acceptors (Lipinski definition) is 5. The molecule has 0 radical (unpaired) electrons. The quantitative estimate of drug-likeness (QED) is 0.827. The Labute approximate surface area is 144 Å². The van der Waals surface area contributed by atoms with Crippen molar-refractivity contribution < 1.29 is 19.1 Å². The number of carbonyl (C=O) groups excluding carboxylic acids is 3. The van der Waals surface area contributed by atoms with Crippen molar-refractivity contribution in [2.45, 2.75) is 19.4 Å². The van der Waals surface area contributed by atoms with Crippen molar-refractivity contribution in [3.05, 3.63) is 22.4 Å². The maximum Gasteiger partial charge on any atom is 0.409 e. The number of rotatable bonds is 5. The van der Waals surface area contributed by atoms with Crippen LogP contribution < -0.4 is 11.1 Å². The number of amides is 4. The lowest BCUT2D eigenvalue weighted by Crippen LogP contribution is -2.51. The van der Waals surface area contributed by atoms with E-state index in [0.29, 0.717) is 32.8 Å². The van der Waals surface area contributed by atoms with Gasteiger partial charge < -0.3 is 25.6 Å². The molecular formula is C15H22N4O4S. The standard InChI is InChI=1S/C15H22N4O4S/c1-2-23-15(22)19-7-5-18(6-8-19)13(20)10-11(17-14(16)21)12-4-3-9-24-12/h3-4,9,11H,2,5-8,10H2,1H3,(H3,16,17,21). The topological polar surface area (TPSA) is 105 Å². The molecule has 0 bridgehead atoms. The monoisotopic (exact) mass is 354 g/mol. The van der Waals surface area contributed by atoms with Crippen LogP contribution in [-0.4, -0.2) is 60.6 Å². The first-order chi connectivity index (χ1) is 11.5. The van der Waals surface area contributed by atoms with Crippen molar-refractivity contribution in [2.75, 3.05) is 32.8 Å². The number of nitrogens with two attached hydrogens (primary N) is 1. The second-order valence-corrected chi connectivity index (χ2v) is 6.33. The Kier molecular flexibility index (Phi) is 6.42. The number of nitrogens with zero attached hydrogens (tertiary/aromatic N) is 2. The predicted molar refractivity (Wildman–Crippen MR) is 89.6 cm³/mol. The molecular weight excluding hydrogens is 332 g/mol. The number of ether oxygens (including phenoxy) is 1. The van der Waals surface area contributed by atoms with Gasteiger partial charge in [-0.25, -0.2) is 9.59 Å². The SMILES string of the molecule is CCOC(=O)N1CCN(C(=O)CC(NC(N)=O)c2cccs2)CC1. The zero-order valence-electron chi connectivity index (χ0n) is 13.6. The lowest BCUT2D eigenvalue weighted by Gasteiger charge is -2.34. The third-order valence-corrected chi connectivity index (χ3v) is 4.73. The molecule has 2 rings (SSSR count). The largest absolute Gasteiger partial charge is 0.450 e. The van der Waals surface area contributed by atoms with Gasteiger partial charge in [-0.1, -0.05) is 6.07 Å². The number of primary amides is 1. The van der Waals surface area contributed by atoms with Crippen molar-refractivity contribution in [1.29, 1.82) is 0 Å². The zero-order chi connectivity index (χ0) is 17.5. The summed E-state index contributed by atoms with van der Waals surface area (Å²) in [7, 11) is 0. The second-order valence-electron chi connectivity index (χ2n) is 5.35. The first-order valence-electron chi connectivity index (χ1n) is 7.80. The van der Waals surface area contributed by atoms with Crippen molar-refractivity contribution in [3.8, 4) is 0 Å². The summed E-state index contributed by atoms with van der Waals surface area (Å²) in [6.07, 6.45) is -0.209. The normalized spacial score (nSPS) is 15.7. The molecule has 1 atom stereocenters. The van der Waals surface area contributed by atoms with Crippen molar-refractivity contribution >= 4 is 29.4 Å². The van der Waals surface area contributed by atoms with Crippen LogP contribution in [0.25, 0.3) is 0 Å². The van der Waals surface area contributed by atoms with Crippen LogP contribution in [-0.2, 0) is 9.53 Å². The van der Waals surface area contributed by atoms with Gasteiger partial charge in [-0.05, 0) is 18.4 Å². The van der Waals surface area contributed by atoms with Gasteiger partial charge in [0.05, 0.1) is 19.1 Å². The third kappa shape index (κ3) is 4.85. The fourth-order valence-corrected chi connectivity index (χ4v) is 3.32. The summed E-state index contributed by atoms with van der Waals surface area (Å²) < 4.78 is 4.96. The van der Waals surface area contributed by atoms with E-state index in [-0.39, 0.29) is 18.4 Å². The van der Waals surface area contributed by atoms with Crippen LogP contribution in [0.15, 0.2) is 17.5 Å². The highest BCUT2D eigenvalue weighted by molar-refractivity contribution is 7.10. The molecule has 0 spiro atoms. The molecule has 1 unspecified atom stereocenters. The van der Waals surface area contributed by atoms with Crippen molar-refractivity contribution in [3.63, 3.8) is 0 Å². The Bertz CT molecular complexity index is 570. The van der Waals surface area contributed by atoms with Gasteiger partial charge in [0.2, 0.25) is 5.91 Å². The lowest BCUT2D eigenvalue weighted by atomic mass is 10.1. The highest BCUT2D eigenvalue weighted by Crippen LogP contribution is 2.23. The van der Waals surface area contributed by atoms with Crippen molar-refractivity contribution in [2.24, 2.45) is 5.73 Å². The average molecular weight is 354 g/mol. The van der Waals surface area contributed by atoms with Crippen LogP contribution >= 0.6 is 11.3 Å². The number of nitrogens with one attached hydrogen (secondary N) is 1. The van der Waals surface area contributed by atoms with E-state index in [9.17, 15) is 14.4 Å². The Morgan fingerprint density at radius 1 is 1.29 bits per heavy atom. The number of piperazine rings is 1. The van der Waals surface area contributed by atoms with Crippen molar-refractivity contribution in [1.82, 2.24) is 15.1 Å². The van der Waals surface area contributed by atoms with Crippen LogP contribution in [0.4, 0.5) is 9.59 Å². The maximum atomic E-state index is 12.5. The molecule has 1 aromatic rings. The highest BCUT2D eigenvalue weighted by Gasteiger charge is 2.27. The fraction of sp³-hybridized carbons (Fsp3) is 0.533. The fourth-order valence-electron chi connectivity index (χ4n) is 2.54. The molecule has 4 amide bonds. The van der Waals surface area contributed by atoms with Gasteiger partial charge in [0, 0.05) is 31.1 Å². The molecule has 2 heterocycles. The molecule has 1 aliphatic heterocycles. The Morgan fingerprint density at radius 2 is 1.96 bits per heavy atom. The first kappa shape index (κ1) is 18.1. The molecule has 1 aliphatic rings. The lowest BCUT2D eigenvalue weighted by molar-refractivity contribution is -0.133. The van der Waals surface area contributed by atoms with Gasteiger partial charge in [-0.3, -0.25) is 4.79 Å². The highest BCUT2D eigenvalue weighted by atomic mass is 32.1. The van der Waals surface area contributed by atoms with Gasteiger partial charge in [-0.15, -0.1) is 11.3 Å². The molecule has 1 aromatic heterocycles. The van der Waals surface area contributed by atoms with E-state index < -0.39 is 12.1 Å². The Morgan fingerprint density at radius 3 is 2.50 bits per heavy atom. The van der Waals surface area contributed by atoms with Crippen LogP contribution in [0.5, 0.6) is 0 Å². The Hall–Kier alpha value is -2.29. The minimum atomic E-state index is -0.659. The minimum Gasteiger partial charge on any atom is -0.450 e. The van der Waals surface area contributed by atoms with E-state index in [0.717, 1.165) is 4.88 Å². The summed E-state index contributed by atoms with van der Waals surface area (Å²) in [5, 5.41) is 4.50. The van der Waals surface area contributed by atoms with E-state index in [4.69, 9.17) is 10.5 Å². The maximum absolute atomic E-state index is 12.5. The smallest absolute Gasteiger partial charge is 0.409 e. The number of urea groups is 1. The molecule has 0 saturated carbocycles. The van der Waals surface area contributed by atoms with Gasteiger partial charge in [-0.2, -0.15) is 0 Å². The molecule has 1 fully saturated rings. The van der Waals surface area contributed by atoms with Gasteiger partial charge in [0.1, 0.15) is 0 Å². The summed E-state index contributed by atoms with van der Waals surface area (Å²) in [5.74, 6) is -0.0781. The summed E-state index contributed by atoms with van der Waals surface area (Å²) in [4.78, 5) is 39.5. The van der Waals surface area contributed by atoms with Crippen LogP contribution in [0, 0.1) is 0 Å². The first-order valence-corrected chi connectivity index (χ1v) is 8.68. The van der Waals surface area contributed by atoms with E-state index in [1.165, 1.54) is 11.3 Å². The minimum absolute atomic E-state index is 0.0781. The van der Waals surface area contributed by atoms with Crippen LogP contribution in [0.2, 0.25) is 0 Å². The number of thiophene rings is 1. The molecule has 24 heavy (non-hydrogen) atoms. The second kappa shape index (κ2) is 8.53. The van der Waals surface area contributed by atoms with E-state index >= 15 is 0 Å². The molecule has 1 saturated heterocycles. The molecule has 9 heteroatoms. The van der Waals surface area contributed by atoms with Crippen LogP contribution in [0.1, 0.15) is 24.3 Å². The number of carbonyl (C=O) groups is 3. The Balaban J connectivity index is 1.89. The molecule has 8 nitrogen and oxygen atoms in total. The summed E-state index contributed by atoms with van der Waals surface area (Å²) >= 11 is 1.46. The van der Waals surface area contributed by atoms with Gasteiger partial charge >= 0.3 is 12.1 Å².